The number of carboxylic acids is 1. The number of aromatic hydroxyl groups is 1. The molecule has 2 aromatic rings. The summed E-state index contributed by atoms with van der Waals surface area (Å²) >= 11 is 0. The molecule has 41 heteroatoms. The van der Waals surface area contributed by atoms with E-state index in [1.54, 1.807) is 42.5 Å². The van der Waals surface area contributed by atoms with Crippen molar-refractivity contribution in [2.75, 3.05) is 52.4 Å². The van der Waals surface area contributed by atoms with Crippen molar-refractivity contribution in [3.8, 4) is 5.75 Å². The predicted octanol–water partition coefficient (Wildman–Crippen LogP) is -7.99. The molecule has 108 heavy (non-hydrogen) atoms. The van der Waals surface area contributed by atoms with Crippen molar-refractivity contribution >= 4 is 94.7 Å². The lowest BCUT2D eigenvalue weighted by Gasteiger charge is -2.28. The van der Waals surface area contributed by atoms with E-state index in [9.17, 15) is 77.6 Å². The molecule has 0 radical (unpaired) electrons. The summed E-state index contributed by atoms with van der Waals surface area (Å²) in [6, 6.07) is -1.82. The Labute approximate surface area is 626 Å². The highest BCUT2D eigenvalue weighted by Crippen LogP contribution is 2.14. The average molecular weight is 1520 g/mol. The van der Waals surface area contributed by atoms with E-state index < -0.39 is 175 Å². The first-order chi connectivity index (χ1) is 51.3. The number of nitrogens with two attached hydrogens (primary N) is 8. The Hall–Kier alpha value is -11.0. The minimum Gasteiger partial charge on any atom is -0.508 e. The Kier molecular flexibility index (Phi) is 44.8. The van der Waals surface area contributed by atoms with E-state index in [1.165, 1.54) is 19.1 Å². The van der Waals surface area contributed by atoms with Gasteiger partial charge in [0.25, 0.3) is 0 Å². The number of aliphatic hydroxyl groups is 1. The van der Waals surface area contributed by atoms with E-state index >= 15 is 0 Å². The molecular formula is C67H113N25O16. The number of guanidine groups is 3. The fraction of sp³-hybridized carbons (Fsp3) is 0.582. The molecule has 11 atom stereocenters. The summed E-state index contributed by atoms with van der Waals surface area (Å²) in [5.41, 5.74) is 46.3. The van der Waals surface area contributed by atoms with Crippen molar-refractivity contribution in [2.24, 2.45) is 45.9 Å². The van der Waals surface area contributed by atoms with Gasteiger partial charge in [-0.1, -0.05) is 42.5 Å². The number of rotatable bonds is 55. The molecule has 0 bridgehead atoms. The van der Waals surface area contributed by atoms with Crippen LogP contribution in [0.1, 0.15) is 127 Å². The molecule has 2 rings (SSSR count). The Morgan fingerprint density at radius 3 is 1.13 bits per heavy atom. The average Bonchev–Trinajstić information content (AvgIpc) is 0.862. The van der Waals surface area contributed by atoms with Gasteiger partial charge >= 0.3 is 5.97 Å². The molecule has 602 valence electrons. The maximum atomic E-state index is 14.7. The number of hydrogen-bond donors (Lipinski definition) is 28. The zero-order valence-electron chi connectivity index (χ0n) is 60.9. The van der Waals surface area contributed by atoms with Crippen molar-refractivity contribution in [3.05, 3.63) is 65.7 Å². The van der Waals surface area contributed by atoms with Gasteiger partial charge in [0.2, 0.25) is 70.9 Å². The summed E-state index contributed by atoms with van der Waals surface area (Å²) in [5.74, 6) is -13.7. The fourth-order valence-electron chi connectivity index (χ4n) is 10.6. The summed E-state index contributed by atoms with van der Waals surface area (Å²) in [4.78, 5) is 178. The summed E-state index contributed by atoms with van der Waals surface area (Å²) in [6.07, 6.45) is 0.525. The fourth-order valence-corrected chi connectivity index (χ4v) is 10.6. The number of phenolic OH excluding ortho intramolecular Hbond substituents is 1. The summed E-state index contributed by atoms with van der Waals surface area (Å²) < 4.78 is 0. The quantitative estimate of drug-likeness (QED) is 0.0166. The number of carbonyl (C=O) groups is 13. The van der Waals surface area contributed by atoms with E-state index in [2.05, 4.69) is 74.4 Å². The van der Waals surface area contributed by atoms with Gasteiger partial charge in [0, 0.05) is 32.5 Å². The van der Waals surface area contributed by atoms with Crippen molar-refractivity contribution < 1.29 is 77.6 Å². The molecule has 0 saturated heterocycles. The maximum Gasteiger partial charge on any atom is 0.326 e. The van der Waals surface area contributed by atoms with Crippen LogP contribution in [-0.4, -0.2) is 229 Å². The normalized spacial score (nSPS) is 13.9. The standard InChI is InChI=1S/C67H113N25O16/c1-38(83-55(98)42(71)34-40-22-24-41(94)25-23-40)54(97)85-48(26-27-52(72)95)56(99)82-36-53(96)84-50(35-39-14-3-2-4-15-39)62(105)92-51(37-93)63(106)90-44(17-6-9-29-69)58(101)86-43(16-5-8-28-68)57(100)88-47(20-12-32-80-66(75)76)60(103)89-46(19-11-31-79-65(73)74)59(102)87-45(18-7-10-30-70)61(104)91-49(64(107)108)21-13-33-81-67(77)78/h2-4,14-15,22-25,38,42-51,93-94H,5-13,16-21,26-37,68-71H2,1H3,(H2,72,95)(H,82,99)(H,83,98)(H,84,96)(H,85,97)(H,86,101)(H,87,102)(H,88,100)(H,89,103)(H,90,106)(H,91,104)(H,92,105)(H,107,108)(H4,73,74,79)(H4,75,76,80)(H4,77,78,81)/t38-,42-,43-,44-,45-,46-,47-,48-,49-,50-,51-/m0/s1. The lowest BCUT2D eigenvalue weighted by Crippen LogP contribution is -2.61. The van der Waals surface area contributed by atoms with E-state index in [0.717, 1.165) is 0 Å². The van der Waals surface area contributed by atoms with Gasteiger partial charge in [-0.05, 0) is 159 Å². The molecule has 36 N–H and O–H groups in total. The number of benzene rings is 2. The highest BCUT2D eigenvalue weighted by atomic mass is 16.4. The first kappa shape index (κ1) is 93.0. The van der Waals surface area contributed by atoms with Gasteiger partial charge in [0.05, 0.1) is 19.2 Å². The second-order valence-corrected chi connectivity index (χ2v) is 25.6. The molecule has 41 nitrogen and oxygen atoms in total. The number of carbonyl (C=O) groups excluding carboxylic acids is 12. The number of unbranched alkanes of at least 4 members (excludes halogenated alkanes) is 3. The van der Waals surface area contributed by atoms with E-state index in [4.69, 9.17) is 62.1 Å². The van der Waals surface area contributed by atoms with Crippen LogP contribution in [0.25, 0.3) is 0 Å². The van der Waals surface area contributed by atoms with Gasteiger partial charge < -0.3 is 136 Å². The Morgan fingerprint density at radius 1 is 0.389 bits per heavy atom. The number of aliphatic hydroxyl groups excluding tert-OH is 1. The first-order valence-corrected chi connectivity index (χ1v) is 35.7. The van der Waals surface area contributed by atoms with Crippen LogP contribution in [0.3, 0.4) is 0 Å². The maximum absolute atomic E-state index is 14.7. The van der Waals surface area contributed by atoms with Crippen molar-refractivity contribution in [1.29, 1.82) is 16.2 Å². The predicted molar refractivity (Wildman–Crippen MR) is 397 cm³/mol. The number of hydrogen-bond acceptors (Lipinski definition) is 22. The number of phenols is 1. The SMILES string of the molecule is C[C@H](NC(=O)[C@@H](N)Cc1ccc(O)cc1)C(=O)N[C@@H](CCC(N)=O)C(=O)NCC(=O)N[C@@H](Cc1ccccc1)C(=O)N[C@@H](CO)C(=O)N[C@@H](CCCCN)C(=O)N[C@@H](CCCCN)C(=O)N[C@@H](CCCNC(=N)N)C(=O)N[C@@H](CCCNC(=N)N)C(=O)N[C@@H](CCCCN)C(=O)N[C@@H](CCCNC(=N)N)C(=O)O. The van der Waals surface area contributed by atoms with Crippen LogP contribution in [0, 0.1) is 16.2 Å². The number of aliphatic carboxylic acids is 1. The molecule has 12 amide bonds. The van der Waals surface area contributed by atoms with Crippen LogP contribution in [0.15, 0.2) is 54.6 Å². The summed E-state index contributed by atoms with van der Waals surface area (Å²) in [6.45, 7) is 0.0959. The third-order valence-corrected chi connectivity index (χ3v) is 16.5. The highest BCUT2D eigenvalue weighted by molar-refractivity contribution is 5.99. The molecular weight excluding hydrogens is 1410 g/mol. The molecule has 0 heterocycles. The molecule has 0 aromatic heterocycles. The molecule has 2 aromatic carbocycles. The largest absolute Gasteiger partial charge is 0.508 e. The Balaban J connectivity index is 2.47. The Morgan fingerprint density at radius 2 is 0.741 bits per heavy atom. The molecule has 0 aliphatic heterocycles. The van der Waals surface area contributed by atoms with Crippen molar-refractivity contribution in [2.45, 2.75) is 195 Å². The molecule has 0 unspecified atom stereocenters. The van der Waals surface area contributed by atoms with Gasteiger partial charge in [0.15, 0.2) is 17.9 Å². The molecule has 0 aliphatic rings. The van der Waals surface area contributed by atoms with Crippen LogP contribution in [0.5, 0.6) is 5.75 Å². The molecule has 0 aliphatic carbocycles. The van der Waals surface area contributed by atoms with Gasteiger partial charge in [-0.25, -0.2) is 4.79 Å². The molecule has 0 fully saturated rings. The molecule has 0 spiro atoms. The topological polar surface area (TPSA) is 731 Å². The minimum absolute atomic E-state index is 0.000778. The van der Waals surface area contributed by atoms with Crippen LogP contribution < -0.4 is 120 Å². The van der Waals surface area contributed by atoms with Crippen LogP contribution in [0.4, 0.5) is 0 Å². The first-order valence-electron chi connectivity index (χ1n) is 35.7. The van der Waals surface area contributed by atoms with Crippen LogP contribution in [0.2, 0.25) is 0 Å². The Bertz CT molecular complexity index is 3270. The van der Waals surface area contributed by atoms with Gasteiger partial charge in [-0.3, -0.25) is 73.8 Å². The van der Waals surface area contributed by atoms with Crippen LogP contribution >= 0.6 is 0 Å². The third-order valence-electron chi connectivity index (χ3n) is 16.5. The number of amides is 12. The van der Waals surface area contributed by atoms with Crippen molar-refractivity contribution in [1.82, 2.24) is 74.4 Å². The zero-order chi connectivity index (χ0) is 80.7. The van der Waals surface area contributed by atoms with Crippen LogP contribution in [-0.2, 0) is 75.2 Å². The van der Waals surface area contributed by atoms with Gasteiger partial charge in [-0.15, -0.1) is 0 Å². The lowest BCUT2D eigenvalue weighted by molar-refractivity contribution is -0.142. The molecule has 0 saturated carbocycles. The smallest absolute Gasteiger partial charge is 0.326 e. The monoisotopic (exact) mass is 1520 g/mol. The van der Waals surface area contributed by atoms with Crippen molar-refractivity contribution in [3.63, 3.8) is 0 Å². The second-order valence-electron chi connectivity index (χ2n) is 25.6. The van der Waals surface area contributed by atoms with E-state index in [1.807, 2.05) is 0 Å². The number of carboxylic acid groups (broad SMARTS) is 1. The second kappa shape index (κ2) is 52.0. The number of nitrogens with one attached hydrogen (secondary N) is 17. The number of primary amides is 1. The lowest BCUT2D eigenvalue weighted by atomic mass is 10.0. The van der Waals surface area contributed by atoms with Gasteiger partial charge in [0.1, 0.15) is 66.2 Å². The van der Waals surface area contributed by atoms with Gasteiger partial charge in [-0.2, -0.15) is 0 Å². The van der Waals surface area contributed by atoms with E-state index in [0.29, 0.717) is 36.8 Å². The van der Waals surface area contributed by atoms with E-state index in [-0.39, 0.29) is 141 Å². The minimum atomic E-state index is -1.81. The highest BCUT2D eigenvalue weighted by Gasteiger charge is 2.36. The zero-order valence-corrected chi connectivity index (χ0v) is 60.9. The third kappa shape index (κ3) is 38.8. The summed E-state index contributed by atoms with van der Waals surface area (Å²) in [7, 11) is 0. The summed E-state index contributed by atoms with van der Waals surface area (Å²) in [5, 5.41) is 88.3.